The van der Waals surface area contributed by atoms with Crippen LogP contribution in [0.4, 0.5) is 0 Å². The Morgan fingerprint density at radius 2 is 1.95 bits per heavy atom. The highest BCUT2D eigenvalue weighted by Gasteiger charge is 2.42. The van der Waals surface area contributed by atoms with E-state index in [0.717, 1.165) is 14.2 Å². The van der Waals surface area contributed by atoms with Gasteiger partial charge in [0, 0.05) is 4.92 Å². The van der Waals surface area contributed by atoms with E-state index in [1.165, 1.54) is 18.4 Å². The van der Waals surface area contributed by atoms with Crippen LogP contribution in [0.3, 0.4) is 0 Å². The Kier molecular flexibility index (Phi) is 5.04. The molecule has 0 spiro atoms. The normalized spacial score (nSPS) is 11.9. The molecular formula is C11H13NO7. The molecule has 8 nitrogen and oxygen atoms in total. The topological polar surface area (TPSA) is 109 Å². The number of hydrogen-bond donors (Lipinski definition) is 0. The Hall–Kier alpha value is -2.38. The van der Waals surface area contributed by atoms with E-state index < -0.39 is 35.2 Å². The zero-order valence-electron chi connectivity index (χ0n) is 10.4. The van der Waals surface area contributed by atoms with Gasteiger partial charge in [0.05, 0.1) is 20.5 Å². The van der Waals surface area contributed by atoms with Gasteiger partial charge in [-0.05, 0) is 12.1 Å². The third kappa shape index (κ3) is 3.54. The van der Waals surface area contributed by atoms with Gasteiger partial charge in [0.15, 0.2) is 5.92 Å². The zero-order valence-corrected chi connectivity index (χ0v) is 10.4. The summed E-state index contributed by atoms with van der Waals surface area (Å²) in [4.78, 5) is 33.3. The lowest BCUT2D eigenvalue weighted by Crippen LogP contribution is -2.35. The first-order chi connectivity index (χ1) is 9.01. The Morgan fingerprint density at radius 1 is 1.37 bits per heavy atom. The van der Waals surface area contributed by atoms with Gasteiger partial charge in [-0.15, -0.1) is 0 Å². The smallest absolute Gasteiger partial charge is 0.321 e. The number of ether oxygens (including phenoxy) is 2. The average molecular weight is 271 g/mol. The predicted octanol–water partition coefficient (Wildman–Crippen LogP) is 0.602. The minimum absolute atomic E-state index is 0.150. The van der Waals surface area contributed by atoms with Crippen molar-refractivity contribution in [3.8, 4) is 0 Å². The van der Waals surface area contributed by atoms with Crippen molar-refractivity contribution in [2.75, 3.05) is 20.8 Å². The van der Waals surface area contributed by atoms with Gasteiger partial charge in [0.2, 0.25) is 6.54 Å². The minimum atomic E-state index is -1.44. The molecule has 104 valence electrons. The van der Waals surface area contributed by atoms with Crippen LogP contribution in [0, 0.1) is 16.0 Å². The van der Waals surface area contributed by atoms with Crippen molar-refractivity contribution in [3.63, 3.8) is 0 Å². The quantitative estimate of drug-likeness (QED) is 0.322. The molecule has 0 saturated carbocycles. The number of methoxy groups -OCH3 is 2. The Balaban J connectivity index is 3.13. The van der Waals surface area contributed by atoms with Crippen LogP contribution in [0.1, 0.15) is 11.7 Å². The molecular weight excluding hydrogens is 258 g/mol. The molecule has 1 aromatic rings. The lowest BCUT2D eigenvalue weighted by molar-refractivity contribution is -0.484. The van der Waals surface area contributed by atoms with Gasteiger partial charge in [-0.3, -0.25) is 19.7 Å². The fourth-order valence-corrected chi connectivity index (χ4v) is 1.70. The number of furan rings is 1. The number of carbonyl (C=O) groups is 2. The largest absolute Gasteiger partial charge is 0.469 e. The van der Waals surface area contributed by atoms with Crippen molar-refractivity contribution in [3.05, 3.63) is 34.3 Å². The van der Waals surface area contributed by atoms with E-state index in [9.17, 15) is 19.7 Å². The molecule has 1 heterocycles. The standard InChI is InChI=1S/C11H13NO7/c1-17-10(13)9(11(14)18-2)7(6-12(15)16)8-4-3-5-19-8/h3-5,7,9H,6H2,1-2H3. The van der Waals surface area contributed by atoms with Crippen LogP contribution in [0.25, 0.3) is 0 Å². The predicted molar refractivity (Wildman–Crippen MR) is 60.8 cm³/mol. The lowest BCUT2D eigenvalue weighted by atomic mass is 9.90. The van der Waals surface area contributed by atoms with Gasteiger partial charge in [-0.1, -0.05) is 0 Å². The van der Waals surface area contributed by atoms with Crippen LogP contribution >= 0.6 is 0 Å². The Labute approximate surface area is 108 Å². The average Bonchev–Trinajstić information content (AvgIpc) is 2.90. The first-order valence-electron chi connectivity index (χ1n) is 5.32. The van der Waals surface area contributed by atoms with Crippen LogP contribution in [0.15, 0.2) is 22.8 Å². The highest BCUT2D eigenvalue weighted by atomic mass is 16.6. The number of hydrogen-bond acceptors (Lipinski definition) is 7. The van der Waals surface area contributed by atoms with Crippen molar-refractivity contribution in [2.45, 2.75) is 5.92 Å². The summed E-state index contributed by atoms with van der Waals surface area (Å²) in [6.45, 7) is -0.650. The van der Waals surface area contributed by atoms with Crippen molar-refractivity contribution < 1.29 is 28.4 Å². The minimum Gasteiger partial charge on any atom is -0.469 e. The molecule has 1 unspecified atom stereocenters. The van der Waals surface area contributed by atoms with Gasteiger partial charge in [-0.25, -0.2) is 0 Å². The maximum atomic E-state index is 11.6. The molecule has 0 saturated heterocycles. The first kappa shape index (κ1) is 14.7. The van der Waals surface area contributed by atoms with E-state index in [2.05, 4.69) is 9.47 Å². The summed E-state index contributed by atoms with van der Waals surface area (Å²) in [6.07, 6.45) is 1.30. The highest BCUT2D eigenvalue weighted by Crippen LogP contribution is 2.27. The molecule has 0 radical (unpaired) electrons. The van der Waals surface area contributed by atoms with E-state index in [0.29, 0.717) is 0 Å². The second kappa shape index (κ2) is 6.53. The summed E-state index contributed by atoms with van der Waals surface area (Å²) in [6, 6.07) is 2.96. The molecule has 0 bridgehead atoms. The van der Waals surface area contributed by atoms with Gasteiger partial charge < -0.3 is 13.9 Å². The van der Waals surface area contributed by atoms with Crippen LogP contribution < -0.4 is 0 Å². The lowest BCUT2D eigenvalue weighted by Gasteiger charge is -2.18. The molecule has 1 aromatic heterocycles. The fourth-order valence-electron chi connectivity index (χ4n) is 1.70. The summed E-state index contributed by atoms with van der Waals surface area (Å²) in [5.74, 6) is -4.18. The second-order valence-corrected chi connectivity index (χ2v) is 3.66. The van der Waals surface area contributed by atoms with Gasteiger partial charge in [-0.2, -0.15) is 0 Å². The van der Waals surface area contributed by atoms with Crippen molar-refractivity contribution in [1.29, 1.82) is 0 Å². The van der Waals surface area contributed by atoms with E-state index >= 15 is 0 Å². The third-order valence-corrected chi connectivity index (χ3v) is 2.57. The van der Waals surface area contributed by atoms with Crippen LogP contribution in [-0.4, -0.2) is 37.6 Å². The van der Waals surface area contributed by atoms with Gasteiger partial charge in [0.25, 0.3) is 0 Å². The zero-order chi connectivity index (χ0) is 14.4. The molecule has 0 aliphatic heterocycles. The summed E-state index contributed by atoms with van der Waals surface area (Å²) in [5.41, 5.74) is 0. The molecule has 19 heavy (non-hydrogen) atoms. The third-order valence-electron chi connectivity index (χ3n) is 2.57. The number of nitro groups is 1. The van der Waals surface area contributed by atoms with Crippen LogP contribution in [0.2, 0.25) is 0 Å². The highest BCUT2D eigenvalue weighted by molar-refractivity contribution is 5.95. The van der Waals surface area contributed by atoms with Gasteiger partial charge >= 0.3 is 11.9 Å². The Morgan fingerprint density at radius 3 is 2.32 bits per heavy atom. The molecule has 0 amide bonds. The maximum Gasteiger partial charge on any atom is 0.321 e. The van der Waals surface area contributed by atoms with Crippen LogP contribution in [0.5, 0.6) is 0 Å². The number of rotatable bonds is 6. The summed E-state index contributed by atoms with van der Waals surface area (Å²) in [7, 11) is 2.17. The van der Waals surface area contributed by atoms with Crippen molar-refractivity contribution in [2.24, 2.45) is 5.92 Å². The van der Waals surface area contributed by atoms with E-state index in [1.54, 1.807) is 0 Å². The number of nitrogens with zero attached hydrogens (tertiary/aromatic N) is 1. The summed E-state index contributed by atoms with van der Waals surface area (Å²) < 4.78 is 14.0. The van der Waals surface area contributed by atoms with E-state index in [1.807, 2.05) is 0 Å². The number of carbonyl (C=O) groups excluding carboxylic acids is 2. The number of esters is 2. The van der Waals surface area contributed by atoms with Crippen LogP contribution in [-0.2, 0) is 19.1 Å². The first-order valence-corrected chi connectivity index (χ1v) is 5.32. The molecule has 0 aliphatic carbocycles. The van der Waals surface area contributed by atoms with Crippen molar-refractivity contribution in [1.82, 2.24) is 0 Å². The molecule has 0 aromatic carbocycles. The summed E-state index contributed by atoms with van der Waals surface area (Å²) >= 11 is 0. The van der Waals surface area contributed by atoms with Crippen molar-refractivity contribution >= 4 is 11.9 Å². The molecule has 1 rings (SSSR count). The second-order valence-electron chi connectivity index (χ2n) is 3.66. The molecule has 1 atom stereocenters. The van der Waals surface area contributed by atoms with E-state index in [4.69, 9.17) is 4.42 Å². The van der Waals surface area contributed by atoms with Gasteiger partial charge in [0.1, 0.15) is 11.7 Å². The molecule has 0 fully saturated rings. The molecule has 0 N–H and O–H groups in total. The maximum absolute atomic E-state index is 11.6. The summed E-state index contributed by atoms with van der Waals surface area (Å²) in [5, 5.41) is 10.7. The monoisotopic (exact) mass is 271 g/mol. The SMILES string of the molecule is COC(=O)C(C(=O)OC)C(C[N+](=O)[O-])c1ccco1. The van der Waals surface area contributed by atoms with E-state index in [-0.39, 0.29) is 5.76 Å². The molecule has 8 heteroatoms. The molecule has 0 aliphatic rings. The Bertz CT molecular complexity index is 438. The fraction of sp³-hybridized carbons (Fsp3) is 0.455.